The van der Waals surface area contributed by atoms with Gasteiger partial charge in [-0.15, -0.1) is 0 Å². The minimum Gasteiger partial charge on any atom is -0.431 e. The lowest BCUT2D eigenvalue weighted by molar-refractivity contribution is -0.122. The van der Waals surface area contributed by atoms with E-state index in [2.05, 4.69) is 20.7 Å². The molecule has 2 aliphatic rings. The van der Waals surface area contributed by atoms with Gasteiger partial charge in [-0.25, -0.2) is 9.67 Å². The lowest BCUT2D eigenvalue weighted by Gasteiger charge is -2.13. The Bertz CT molecular complexity index is 1110. The maximum Gasteiger partial charge on any atom is 0.257 e. The number of ether oxygens (including phenoxy) is 1. The number of hydrogen-bond acceptors (Lipinski definition) is 8. The molecule has 168 valence electrons. The topological polar surface area (TPSA) is 111 Å². The Balaban J connectivity index is 1.21. The highest BCUT2D eigenvalue weighted by Crippen LogP contribution is 2.35. The van der Waals surface area contributed by atoms with Crippen LogP contribution in [0.25, 0.3) is 11.1 Å². The molecule has 0 radical (unpaired) electrons. The van der Waals surface area contributed by atoms with Crippen molar-refractivity contribution in [3.63, 3.8) is 0 Å². The van der Waals surface area contributed by atoms with E-state index in [4.69, 9.17) is 9.15 Å². The molecule has 32 heavy (non-hydrogen) atoms. The highest BCUT2D eigenvalue weighted by Gasteiger charge is 2.25. The van der Waals surface area contributed by atoms with Gasteiger partial charge in [-0.1, -0.05) is 23.9 Å². The predicted molar refractivity (Wildman–Crippen MR) is 123 cm³/mol. The summed E-state index contributed by atoms with van der Waals surface area (Å²) in [5.74, 6) is 1.94. The number of carbonyl (C=O) groups is 2. The number of carbonyl (C=O) groups excluding carboxylic acids is 2. The zero-order valence-corrected chi connectivity index (χ0v) is 19.0. The first-order chi connectivity index (χ1) is 15.7. The second-order valence-electron chi connectivity index (χ2n) is 7.65. The van der Waals surface area contributed by atoms with Gasteiger partial charge >= 0.3 is 0 Å². The number of amides is 2. The number of oxazole rings is 1. The third-order valence-corrected chi connectivity index (χ3v) is 7.12. The van der Waals surface area contributed by atoms with Gasteiger partial charge in [0.25, 0.3) is 5.22 Å². The van der Waals surface area contributed by atoms with E-state index in [9.17, 15) is 9.59 Å². The Labute approximate surface area is 193 Å². The maximum absolute atomic E-state index is 12.7. The largest absolute Gasteiger partial charge is 0.431 e. The van der Waals surface area contributed by atoms with Crippen LogP contribution in [0.3, 0.4) is 0 Å². The molecule has 1 fully saturated rings. The fraction of sp³-hybridized carbons (Fsp3) is 0.429. The van der Waals surface area contributed by atoms with Crippen molar-refractivity contribution in [2.24, 2.45) is 0 Å². The molecule has 9 nitrogen and oxygen atoms in total. The smallest absolute Gasteiger partial charge is 0.257 e. The standard InChI is InChI=1S/C21H23N5O4S2/c27-18(22-8-13-4-3-7-29-13)9-26-20(14-10-31-11-16(14)25-26)24-19(28)12-32-21-23-15-5-1-2-6-17(15)30-21/h1-2,5-6,13H,3-4,7-12H2,(H,22,27)(H,24,28). The van der Waals surface area contributed by atoms with Crippen molar-refractivity contribution in [3.8, 4) is 0 Å². The Hall–Kier alpha value is -2.50. The quantitative estimate of drug-likeness (QED) is 0.481. The van der Waals surface area contributed by atoms with E-state index >= 15 is 0 Å². The highest BCUT2D eigenvalue weighted by atomic mass is 32.2. The zero-order valence-electron chi connectivity index (χ0n) is 17.3. The molecule has 0 spiro atoms. The van der Waals surface area contributed by atoms with Gasteiger partial charge in [-0.3, -0.25) is 9.59 Å². The van der Waals surface area contributed by atoms with Gasteiger partial charge in [0.15, 0.2) is 5.58 Å². The van der Waals surface area contributed by atoms with Crippen LogP contribution < -0.4 is 10.6 Å². The molecule has 3 aromatic rings. The van der Waals surface area contributed by atoms with Gasteiger partial charge in [0, 0.05) is 30.2 Å². The van der Waals surface area contributed by atoms with E-state index < -0.39 is 0 Å². The van der Waals surface area contributed by atoms with Crippen LogP contribution in [0.1, 0.15) is 24.1 Å². The molecule has 2 aliphatic heterocycles. The minimum absolute atomic E-state index is 0.0538. The molecule has 0 saturated carbocycles. The van der Waals surface area contributed by atoms with Crippen LogP contribution >= 0.6 is 23.5 Å². The number of benzene rings is 1. The molecule has 11 heteroatoms. The SMILES string of the molecule is O=C(Cn1nc2c(c1NC(=O)CSc1nc3ccccc3o1)CSC2)NCC1CCCO1. The molecule has 1 aromatic carbocycles. The maximum atomic E-state index is 12.7. The molecule has 0 bridgehead atoms. The van der Waals surface area contributed by atoms with E-state index in [1.165, 1.54) is 11.8 Å². The van der Waals surface area contributed by atoms with E-state index in [1.807, 2.05) is 24.3 Å². The number of thioether (sulfide) groups is 2. The summed E-state index contributed by atoms with van der Waals surface area (Å²) in [5.41, 5.74) is 3.36. The molecule has 1 atom stereocenters. The summed E-state index contributed by atoms with van der Waals surface area (Å²) in [6, 6.07) is 7.48. The molecule has 2 aromatic heterocycles. The number of nitrogens with one attached hydrogen (secondary N) is 2. The fourth-order valence-electron chi connectivity index (χ4n) is 3.75. The number of anilines is 1. The lowest BCUT2D eigenvalue weighted by atomic mass is 10.2. The molecule has 4 heterocycles. The minimum atomic E-state index is -0.196. The Kier molecular flexibility index (Phi) is 6.37. The van der Waals surface area contributed by atoms with Crippen LogP contribution in [0.15, 0.2) is 33.9 Å². The first kappa shape index (κ1) is 21.4. The van der Waals surface area contributed by atoms with Crippen LogP contribution in [0.4, 0.5) is 5.82 Å². The summed E-state index contributed by atoms with van der Waals surface area (Å²) >= 11 is 2.98. The number of hydrogen-bond donors (Lipinski definition) is 2. The predicted octanol–water partition coefficient (Wildman–Crippen LogP) is 2.80. The van der Waals surface area contributed by atoms with Gasteiger partial charge in [-0.05, 0) is 25.0 Å². The summed E-state index contributed by atoms with van der Waals surface area (Å²) in [4.78, 5) is 29.5. The lowest BCUT2D eigenvalue weighted by Crippen LogP contribution is -2.34. The van der Waals surface area contributed by atoms with Crippen LogP contribution in [0, 0.1) is 0 Å². The Morgan fingerprint density at radius 2 is 2.16 bits per heavy atom. The van der Waals surface area contributed by atoms with Crippen LogP contribution in [-0.4, -0.2) is 51.6 Å². The van der Waals surface area contributed by atoms with Gasteiger partial charge < -0.3 is 19.8 Å². The normalized spacial score (nSPS) is 17.6. The van der Waals surface area contributed by atoms with Crippen molar-refractivity contribution in [2.45, 2.75) is 42.2 Å². The zero-order chi connectivity index (χ0) is 21.9. The molecular weight excluding hydrogens is 450 g/mol. The van der Waals surface area contributed by atoms with Crippen LogP contribution in [0.2, 0.25) is 0 Å². The van der Waals surface area contributed by atoms with Gasteiger partial charge in [0.05, 0.1) is 17.6 Å². The first-order valence-electron chi connectivity index (χ1n) is 10.5. The second kappa shape index (κ2) is 9.55. The summed E-state index contributed by atoms with van der Waals surface area (Å²) in [6.45, 7) is 1.30. The summed E-state index contributed by atoms with van der Waals surface area (Å²) < 4.78 is 12.8. The third kappa shape index (κ3) is 4.79. The van der Waals surface area contributed by atoms with Crippen molar-refractivity contribution >= 4 is 52.3 Å². The van der Waals surface area contributed by atoms with Crippen molar-refractivity contribution < 1.29 is 18.7 Å². The molecule has 2 amide bonds. The van der Waals surface area contributed by atoms with Crippen LogP contribution in [0.5, 0.6) is 0 Å². The first-order valence-corrected chi connectivity index (χ1v) is 12.6. The monoisotopic (exact) mass is 473 g/mol. The van der Waals surface area contributed by atoms with Crippen molar-refractivity contribution in [1.82, 2.24) is 20.1 Å². The summed E-state index contributed by atoms with van der Waals surface area (Å²) in [5, 5.41) is 10.9. The van der Waals surface area contributed by atoms with E-state index in [0.29, 0.717) is 23.2 Å². The van der Waals surface area contributed by atoms with E-state index in [1.54, 1.807) is 16.4 Å². The molecule has 2 N–H and O–H groups in total. The number of aromatic nitrogens is 3. The average molecular weight is 474 g/mol. The van der Waals surface area contributed by atoms with Crippen LogP contribution in [-0.2, 0) is 32.4 Å². The number of fused-ring (bicyclic) bond motifs is 2. The summed E-state index contributed by atoms with van der Waals surface area (Å²) in [7, 11) is 0. The van der Waals surface area contributed by atoms with Crippen molar-refractivity contribution in [3.05, 3.63) is 35.5 Å². The number of para-hydroxylation sites is 2. The molecule has 1 saturated heterocycles. The molecule has 1 unspecified atom stereocenters. The van der Waals surface area contributed by atoms with Crippen molar-refractivity contribution in [1.29, 1.82) is 0 Å². The fourth-order valence-corrected chi connectivity index (χ4v) is 5.43. The third-order valence-electron chi connectivity index (χ3n) is 5.32. The molecule has 5 rings (SSSR count). The number of rotatable bonds is 8. The van der Waals surface area contributed by atoms with E-state index in [0.717, 1.165) is 47.7 Å². The highest BCUT2D eigenvalue weighted by molar-refractivity contribution is 7.99. The molecule has 0 aliphatic carbocycles. The molecular formula is C21H23N5O4S2. The van der Waals surface area contributed by atoms with Gasteiger partial charge in [-0.2, -0.15) is 16.9 Å². The Morgan fingerprint density at radius 3 is 3.00 bits per heavy atom. The van der Waals surface area contributed by atoms with Gasteiger partial charge in [0.1, 0.15) is 17.9 Å². The number of nitrogens with zero attached hydrogens (tertiary/aromatic N) is 3. The van der Waals surface area contributed by atoms with E-state index in [-0.39, 0.29) is 30.2 Å². The second-order valence-corrected chi connectivity index (χ2v) is 9.56. The average Bonchev–Trinajstić information content (AvgIpc) is 3.57. The summed E-state index contributed by atoms with van der Waals surface area (Å²) in [6.07, 6.45) is 2.08. The van der Waals surface area contributed by atoms with Crippen molar-refractivity contribution in [2.75, 3.05) is 24.2 Å². The van der Waals surface area contributed by atoms with Gasteiger partial charge in [0.2, 0.25) is 11.8 Å². The Morgan fingerprint density at radius 1 is 1.25 bits per heavy atom.